The van der Waals surface area contributed by atoms with Gasteiger partial charge < -0.3 is 0 Å². The van der Waals surface area contributed by atoms with Crippen LogP contribution in [0.25, 0.3) is 0 Å². The summed E-state index contributed by atoms with van der Waals surface area (Å²) < 4.78 is 0.862. The molecule has 0 bridgehead atoms. The molecule has 0 unspecified atom stereocenters. The van der Waals surface area contributed by atoms with Gasteiger partial charge in [0.1, 0.15) is 0 Å². The Hall–Kier alpha value is -2.68. The average molecular weight is 491 g/mol. The highest BCUT2D eigenvalue weighted by Gasteiger charge is 2.15. The van der Waals surface area contributed by atoms with Crippen molar-refractivity contribution >= 4 is 57.1 Å². The fourth-order valence-corrected chi connectivity index (χ4v) is 3.60. The van der Waals surface area contributed by atoms with Gasteiger partial charge in [-0.25, -0.2) is 5.43 Å². The number of hydrazone groups is 1. The molecule has 0 aliphatic heterocycles. The van der Waals surface area contributed by atoms with Gasteiger partial charge in [-0.1, -0.05) is 45.4 Å². The van der Waals surface area contributed by atoms with E-state index in [4.69, 9.17) is 11.6 Å². The first kappa shape index (κ1) is 21.0. The van der Waals surface area contributed by atoms with E-state index in [-0.39, 0.29) is 11.6 Å². The lowest BCUT2D eigenvalue weighted by Gasteiger charge is -2.04. The van der Waals surface area contributed by atoms with Crippen molar-refractivity contribution in [2.45, 2.75) is 9.79 Å². The third-order valence-electron chi connectivity index (χ3n) is 3.71. The number of carbonyl (C=O) groups excluding carboxylic acids is 1. The first-order chi connectivity index (χ1) is 13.9. The van der Waals surface area contributed by atoms with Crippen molar-refractivity contribution in [3.63, 3.8) is 0 Å². The lowest BCUT2D eigenvalue weighted by molar-refractivity contribution is -0.387. The maximum absolute atomic E-state index is 12.0. The fraction of sp³-hybridized carbons (Fsp3) is 0. The van der Waals surface area contributed by atoms with Crippen LogP contribution in [-0.2, 0) is 0 Å². The minimum absolute atomic E-state index is 0.0480. The standard InChI is InChI=1S/C20H13BrClN3O3S/c21-15-4-2-14(3-5-15)20(26)24-23-12-13-1-10-19(18(11-13)25(27)28)29-17-8-6-16(22)7-9-17/h1-12H,(H,24,26)/b23-12-. The molecule has 0 aliphatic rings. The minimum Gasteiger partial charge on any atom is -0.267 e. The Morgan fingerprint density at radius 1 is 1.10 bits per heavy atom. The summed E-state index contributed by atoms with van der Waals surface area (Å²) in [6, 6.07) is 18.6. The van der Waals surface area contributed by atoms with Gasteiger partial charge in [-0.2, -0.15) is 5.10 Å². The van der Waals surface area contributed by atoms with E-state index in [0.29, 0.717) is 21.0 Å². The zero-order chi connectivity index (χ0) is 20.8. The second-order valence-electron chi connectivity index (χ2n) is 5.75. The number of hydrogen-bond donors (Lipinski definition) is 1. The Labute approximate surface area is 184 Å². The first-order valence-corrected chi connectivity index (χ1v) is 10.2. The molecule has 0 atom stereocenters. The molecule has 0 aromatic heterocycles. The van der Waals surface area contributed by atoms with Crippen molar-refractivity contribution in [1.82, 2.24) is 5.43 Å². The molecular weight excluding hydrogens is 478 g/mol. The topological polar surface area (TPSA) is 84.6 Å². The molecule has 6 nitrogen and oxygen atoms in total. The number of halogens is 2. The van der Waals surface area contributed by atoms with Crippen molar-refractivity contribution in [2.24, 2.45) is 5.10 Å². The molecule has 9 heteroatoms. The van der Waals surface area contributed by atoms with Crippen molar-refractivity contribution in [3.8, 4) is 0 Å². The summed E-state index contributed by atoms with van der Waals surface area (Å²) in [5.74, 6) is -0.377. The molecule has 3 aromatic carbocycles. The van der Waals surface area contributed by atoms with Crippen LogP contribution in [0.1, 0.15) is 15.9 Å². The van der Waals surface area contributed by atoms with Gasteiger partial charge >= 0.3 is 0 Å². The predicted octanol–water partition coefficient (Wildman–Crippen LogP) is 5.93. The van der Waals surface area contributed by atoms with E-state index >= 15 is 0 Å². The summed E-state index contributed by atoms with van der Waals surface area (Å²) in [6.45, 7) is 0. The smallest absolute Gasteiger partial charge is 0.267 e. The van der Waals surface area contributed by atoms with Crippen LogP contribution in [-0.4, -0.2) is 17.0 Å². The molecule has 0 radical (unpaired) electrons. The molecule has 1 N–H and O–H groups in total. The molecule has 146 valence electrons. The van der Waals surface area contributed by atoms with Crippen molar-refractivity contribution in [3.05, 3.63) is 97.5 Å². The van der Waals surface area contributed by atoms with E-state index in [9.17, 15) is 14.9 Å². The van der Waals surface area contributed by atoms with Crippen LogP contribution < -0.4 is 5.43 Å². The summed E-state index contributed by atoms with van der Waals surface area (Å²) in [6.07, 6.45) is 1.36. The number of nitrogens with one attached hydrogen (secondary N) is 1. The van der Waals surface area contributed by atoms with Gasteiger partial charge in [0, 0.05) is 31.6 Å². The van der Waals surface area contributed by atoms with E-state index in [1.54, 1.807) is 60.7 Å². The zero-order valence-electron chi connectivity index (χ0n) is 14.7. The fourth-order valence-electron chi connectivity index (χ4n) is 2.30. The van der Waals surface area contributed by atoms with E-state index in [1.807, 2.05) is 0 Å². The lowest BCUT2D eigenvalue weighted by Crippen LogP contribution is -2.17. The van der Waals surface area contributed by atoms with Gasteiger partial charge in [-0.15, -0.1) is 0 Å². The SMILES string of the molecule is O=C(N/N=C\c1ccc(Sc2ccc(Cl)cc2)c([N+](=O)[O-])c1)c1ccc(Br)cc1. The highest BCUT2D eigenvalue weighted by molar-refractivity contribution is 9.10. The van der Waals surface area contributed by atoms with Crippen molar-refractivity contribution in [2.75, 3.05) is 0 Å². The molecule has 0 heterocycles. The molecule has 29 heavy (non-hydrogen) atoms. The average Bonchev–Trinajstić information content (AvgIpc) is 2.71. The van der Waals surface area contributed by atoms with E-state index in [2.05, 4.69) is 26.5 Å². The first-order valence-electron chi connectivity index (χ1n) is 8.23. The monoisotopic (exact) mass is 489 g/mol. The Bertz CT molecular complexity index is 1070. The molecule has 0 saturated heterocycles. The van der Waals surface area contributed by atoms with E-state index < -0.39 is 4.92 Å². The van der Waals surface area contributed by atoms with Crippen molar-refractivity contribution < 1.29 is 9.72 Å². The third-order valence-corrected chi connectivity index (χ3v) is 5.56. The van der Waals surface area contributed by atoms with Crippen LogP contribution >= 0.6 is 39.3 Å². The largest absolute Gasteiger partial charge is 0.283 e. The highest BCUT2D eigenvalue weighted by atomic mass is 79.9. The minimum atomic E-state index is -0.448. The van der Waals surface area contributed by atoms with Gasteiger partial charge in [-0.3, -0.25) is 14.9 Å². The number of nitro benzene ring substituents is 1. The number of nitrogens with zero attached hydrogens (tertiary/aromatic N) is 2. The third kappa shape index (κ3) is 5.90. The normalized spacial score (nSPS) is 10.8. The van der Waals surface area contributed by atoms with Crippen LogP contribution in [0.2, 0.25) is 5.02 Å². The van der Waals surface area contributed by atoms with Gasteiger partial charge in [0.2, 0.25) is 0 Å². The van der Waals surface area contributed by atoms with Crippen LogP contribution in [0.4, 0.5) is 5.69 Å². The Balaban J connectivity index is 1.73. The maximum Gasteiger partial charge on any atom is 0.283 e. The van der Waals surface area contributed by atoms with Crippen molar-refractivity contribution in [1.29, 1.82) is 0 Å². The molecule has 0 fully saturated rings. The lowest BCUT2D eigenvalue weighted by atomic mass is 10.2. The van der Waals surface area contributed by atoms with Crippen LogP contribution in [0.3, 0.4) is 0 Å². The Morgan fingerprint density at radius 2 is 1.79 bits per heavy atom. The van der Waals surface area contributed by atoms with Crippen LogP contribution in [0, 0.1) is 10.1 Å². The van der Waals surface area contributed by atoms with E-state index in [0.717, 1.165) is 9.37 Å². The molecule has 0 aliphatic carbocycles. The van der Waals surface area contributed by atoms with Gasteiger partial charge in [0.05, 0.1) is 16.0 Å². The molecule has 3 aromatic rings. The summed E-state index contributed by atoms with van der Waals surface area (Å²) >= 11 is 10.4. The Kier molecular flexibility index (Phi) is 7.03. The zero-order valence-corrected chi connectivity index (χ0v) is 17.9. The molecule has 0 saturated carbocycles. The number of carbonyl (C=O) groups is 1. The number of amides is 1. The van der Waals surface area contributed by atoms with Gasteiger partial charge in [0.25, 0.3) is 11.6 Å². The van der Waals surface area contributed by atoms with Gasteiger partial charge in [-0.05, 0) is 54.6 Å². The summed E-state index contributed by atoms with van der Waals surface area (Å²) in [5, 5.41) is 15.9. The summed E-state index contributed by atoms with van der Waals surface area (Å²) in [5.41, 5.74) is 3.30. The number of nitro groups is 1. The molecule has 1 amide bonds. The van der Waals surface area contributed by atoms with Crippen LogP contribution in [0.15, 0.2) is 86.1 Å². The number of rotatable bonds is 6. The quantitative estimate of drug-likeness (QED) is 0.264. The summed E-state index contributed by atoms with van der Waals surface area (Å²) in [7, 11) is 0. The predicted molar refractivity (Wildman–Crippen MR) is 118 cm³/mol. The maximum atomic E-state index is 12.0. The second kappa shape index (κ2) is 9.69. The summed E-state index contributed by atoms with van der Waals surface area (Å²) in [4.78, 5) is 24.4. The molecule has 0 spiro atoms. The van der Waals surface area contributed by atoms with E-state index in [1.165, 1.54) is 24.0 Å². The number of hydrogen-bond acceptors (Lipinski definition) is 5. The Morgan fingerprint density at radius 3 is 2.45 bits per heavy atom. The molecular formula is C20H13BrClN3O3S. The van der Waals surface area contributed by atoms with Crippen LogP contribution in [0.5, 0.6) is 0 Å². The number of benzene rings is 3. The van der Waals surface area contributed by atoms with Gasteiger partial charge in [0.15, 0.2) is 0 Å². The molecule has 3 rings (SSSR count). The second-order valence-corrected chi connectivity index (χ2v) is 8.21. The highest BCUT2D eigenvalue weighted by Crippen LogP contribution is 2.35.